The highest BCUT2D eigenvalue weighted by Crippen LogP contribution is 1.97. The van der Waals surface area contributed by atoms with Crippen LogP contribution in [-0.2, 0) is 4.79 Å². The van der Waals surface area contributed by atoms with E-state index < -0.39 is 0 Å². The van der Waals surface area contributed by atoms with Crippen molar-refractivity contribution in [2.24, 2.45) is 5.92 Å². The molecule has 0 N–H and O–H groups in total. The molecule has 1 unspecified atom stereocenters. The second kappa shape index (κ2) is 3.72. The molecule has 2 heteroatoms. The van der Waals surface area contributed by atoms with E-state index in [2.05, 4.69) is 17.6 Å². The quantitative estimate of drug-likeness (QED) is 0.537. The first-order valence-electron chi connectivity index (χ1n) is 2.54. The van der Waals surface area contributed by atoms with E-state index in [0.29, 0.717) is 6.42 Å². The van der Waals surface area contributed by atoms with Gasteiger partial charge in [0.1, 0.15) is 5.78 Å². The van der Waals surface area contributed by atoms with Crippen LogP contribution in [0.5, 0.6) is 0 Å². The molecule has 1 nitrogen and oxygen atoms in total. The third-order valence-electron chi connectivity index (χ3n) is 0.795. The van der Waals surface area contributed by atoms with Gasteiger partial charge in [-0.15, -0.1) is 0 Å². The maximum Gasteiger partial charge on any atom is 0.130 e. The molecule has 0 bridgehead atoms. The van der Waals surface area contributed by atoms with Crippen LogP contribution in [0, 0.1) is 5.92 Å². The summed E-state index contributed by atoms with van der Waals surface area (Å²) in [5, 5.41) is 2.56. The predicted octanol–water partition coefficient (Wildman–Crippen LogP) is 1.48. The van der Waals surface area contributed by atoms with Crippen LogP contribution in [0.25, 0.3) is 0 Å². The lowest BCUT2D eigenvalue weighted by Crippen LogP contribution is -2.00. The molecule has 0 amide bonds. The van der Waals surface area contributed by atoms with Crippen LogP contribution in [0.15, 0.2) is 0 Å². The SMILES string of the molecule is CC(=O)CC(C)[C]=S. The molecule has 45 valence electrons. The number of Topliss-reactive ketones (excluding diaryl/α,β-unsaturated/α-hetero) is 1. The minimum absolute atomic E-state index is 0.141. The van der Waals surface area contributed by atoms with Crippen molar-refractivity contribution >= 4 is 23.4 Å². The summed E-state index contributed by atoms with van der Waals surface area (Å²) in [6.45, 7) is 3.44. The van der Waals surface area contributed by atoms with E-state index in [9.17, 15) is 4.79 Å². The molecule has 0 aliphatic heterocycles. The fraction of sp³-hybridized carbons (Fsp3) is 0.667. The van der Waals surface area contributed by atoms with Gasteiger partial charge in [-0.1, -0.05) is 19.1 Å². The van der Waals surface area contributed by atoms with E-state index in [0.717, 1.165) is 0 Å². The van der Waals surface area contributed by atoms with Crippen molar-refractivity contribution in [3.05, 3.63) is 0 Å². The highest BCUT2D eigenvalue weighted by atomic mass is 32.1. The van der Waals surface area contributed by atoms with Gasteiger partial charge in [-0.3, -0.25) is 0 Å². The Morgan fingerprint density at radius 2 is 2.38 bits per heavy atom. The Balaban J connectivity index is 3.38. The van der Waals surface area contributed by atoms with Crippen molar-refractivity contribution in [2.45, 2.75) is 20.3 Å². The van der Waals surface area contributed by atoms with E-state index in [1.807, 2.05) is 6.92 Å². The van der Waals surface area contributed by atoms with Crippen LogP contribution in [0.2, 0.25) is 0 Å². The number of hydrogen-bond acceptors (Lipinski definition) is 2. The fourth-order valence-corrected chi connectivity index (χ4v) is 0.556. The Morgan fingerprint density at radius 1 is 1.88 bits per heavy atom. The molecule has 0 aliphatic rings. The minimum atomic E-state index is 0.141. The highest BCUT2D eigenvalue weighted by Gasteiger charge is 1.99. The predicted molar refractivity (Wildman–Crippen MR) is 37.1 cm³/mol. The number of ketones is 1. The summed E-state index contributed by atoms with van der Waals surface area (Å²) in [5.41, 5.74) is 0. The summed E-state index contributed by atoms with van der Waals surface area (Å²) in [6.07, 6.45) is 0.531. The Kier molecular flexibility index (Phi) is 3.61. The summed E-state index contributed by atoms with van der Waals surface area (Å²) < 4.78 is 0. The third kappa shape index (κ3) is 3.93. The van der Waals surface area contributed by atoms with Gasteiger partial charge >= 0.3 is 0 Å². The van der Waals surface area contributed by atoms with Gasteiger partial charge in [0.2, 0.25) is 0 Å². The minimum Gasteiger partial charge on any atom is -0.300 e. The molecule has 0 aromatic rings. The normalized spacial score (nSPS) is 12.8. The van der Waals surface area contributed by atoms with Crippen molar-refractivity contribution in [3.63, 3.8) is 0 Å². The average molecular weight is 129 g/mol. The van der Waals surface area contributed by atoms with Crippen molar-refractivity contribution in [3.8, 4) is 0 Å². The number of carbonyl (C=O) groups excluding carboxylic acids is 1. The molecule has 1 radical (unpaired) electrons. The zero-order valence-electron chi connectivity index (χ0n) is 5.10. The first-order valence-corrected chi connectivity index (χ1v) is 2.94. The average Bonchev–Trinajstić information content (AvgIpc) is 1.65. The van der Waals surface area contributed by atoms with Gasteiger partial charge in [0.15, 0.2) is 0 Å². The van der Waals surface area contributed by atoms with Crippen LogP contribution in [0.4, 0.5) is 0 Å². The lowest BCUT2D eigenvalue weighted by molar-refractivity contribution is -0.117. The van der Waals surface area contributed by atoms with E-state index >= 15 is 0 Å². The van der Waals surface area contributed by atoms with Gasteiger partial charge < -0.3 is 4.79 Å². The van der Waals surface area contributed by atoms with Crippen LogP contribution in [0.1, 0.15) is 20.3 Å². The fourth-order valence-electron chi connectivity index (χ4n) is 0.473. The van der Waals surface area contributed by atoms with Gasteiger partial charge in [-0.05, 0) is 12.8 Å². The molecule has 0 aromatic carbocycles. The molecule has 0 saturated carbocycles. The van der Waals surface area contributed by atoms with Crippen LogP contribution in [-0.4, -0.2) is 11.2 Å². The van der Waals surface area contributed by atoms with Crippen LogP contribution in [0.3, 0.4) is 0 Å². The standard InChI is InChI=1S/C6H9OS/c1-5(4-8)3-6(2)7/h5H,3H2,1-2H3. The Labute approximate surface area is 55.1 Å². The summed E-state index contributed by atoms with van der Waals surface area (Å²) in [5.74, 6) is 0.317. The topological polar surface area (TPSA) is 17.1 Å². The molecule has 0 aromatic heterocycles. The Bertz CT molecular complexity index is 98.7. The summed E-state index contributed by atoms with van der Waals surface area (Å²) >= 11 is 4.49. The maximum absolute atomic E-state index is 10.3. The molecule has 0 saturated heterocycles. The summed E-state index contributed by atoms with van der Waals surface area (Å²) in [4.78, 5) is 10.3. The van der Waals surface area contributed by atoms with E-state index in [-0.39, 0.29) is 11.7 Å². The van der Waals surface area contributed by atoms with Gasteiger partial charge in [-0.25, -0.2) is 0 Å². The van der Waals surface area contributed by atoms with Gasteiger partial charge in [0, 0.05) is 11.8 Å². The lowest BCUT2D eigenvalue weighted by Gasteiger charge is -1.95. The number of thiocarbonyl (C=S) groups is 1. The number of carbonyl (C=O) groups is 1. The monoisotopic (exact) mass is 129 g/mol. The maximum atomic E-state index is 10.3. The van der Waals surface area contributed by atoms with Gasteiger partial charge in [0.25, 0.3) is 0 Å². The summed E-state index contributed by atoms with van der Waals surface area (Å²) in [6, 6.07) is 0. The Hall–Kier alpha value is -0.240. The molecule has 0 spiro atoms. The second-order valence-electron chi connectivity index (χ2n) is 1.93. The molecular weight excluding hydrogens is 120 g/mol. The van der Waals surface area contributed by atoms with Crippen molar-refractivity contribution in [2.75, 3.05) is 0 Å². The molecule has 8 heavy (non-hydrogen) atoms. The molecule has 0 heterocycles. The lowest BCUT2D eigenvalue weighted by atomic mass is 10.1. The molecule has 1 atom stereocenters. The van der Waals surface area contributed by atoms with Gasteiger partial charge in [0.05, 0.1) is 0 Å². The summed E-state index contributed by atoms with van der Waals surface area (Å²) in [7, 11) is 0. The van der Waals surface area contributed by atoms with Gasteiger partial charge in [-0.2, -0.15) is 0 Å². The zero-order valence-corrected chi connectivity index (χ0v) is 5.92. The first-order chi connectivity index (χ1) is 3.66. The second-order valence-corrected chi connectivity index (χ2v) is 2.16. The molecular formula is C6H9OS. The molecule has 0 fully saturated rings. The Morgan fingerprint density at radius 3 is 2.50 bits per heavy atom. The third-order valence-corrected chi connectivity index (χ3v) is 1.20. The van der Waals surface area contributed by atoms with E-state index in [1.165, 1.54) is 0 Å². The zero-order chi connectivity index (χ0) is 6.57. The van der Waals surface area contributed by atoms with E-state index in [4.69, 9.17) is 0 Å². The smallest absolute Gasteiger partial charge is 0.130 e. The highest BCUT2D eigenvalue weighted by molar-refractivity contribution is 7.79. The first kappa shape index (κ1) is 7.76. The molecule has 0 rings (SSSR count). The largest absolute Gasteiger partial charge is 0.300 e. The van der Waals surface area contributed by atoms with Crippen LogP contribution < -0.4 is 0 Å². The van der Waals surface area contributed by atoms with Crippen molar-refractivity contribution in [1.29, 1.82) is 0 Å². The molecule has 0 aliphatic carbocycles. The van der Waals surface area contributed by atoms with Crippen molar-refractivity contribution < 1.29 is 4.79 Å². The van der Waals surface area contributed by atoms with E-state index in [1.54, 1.807) is 6.92 Å². The number of hydrogen-bond donors (Lipinski definition) is 0. The van der Waals surface area contributed by atoms with Crippen molar-refractivity contribution in [1.82, 2.24) is 0 Å². The van der Waals surface area contributed by atoms with Crippen LogP contribution >= 0.6 is 12.2 Å². The number of rotatable bonds is 3.